The number of rotatable bonds is 5. The minimum absolute atomic E-state index is 0.223. The lowest BCUT2D eigenvalue weighted by Crippen LogP contribution is -2.41. The van der Waals surface area contributed by atoms with E-state index >= 15 is 0 Å². The van der Waals surface area contributed by atoms with Crippen LogP contribution in [0.4, 0.5) is 4.79 Å². The molecule has 1 aromatic heterocycles. The lowest BCUT2D eigenvalue weighted by atomic mass is 9.86. The van der Waals surface area contributed by atoms with Crippen LogP contribution in [0.1, 0.15) is 52.0 Å². The Bertz CT molecular complexity index is 477. The number of ether oxygens (including phenoxy) is 2. The van der Waals surface area contributed by atoms with Crippen LogP contribution in [-0.2, 0) is 16.1 Å². The van der Waals surface area contributed by atoms with Crippen LogP contribution in [0.3, 0.4) is 0 Å². The Morgan fingerprint density at radius 2 is 1.87 bits per heavy atom. The number of aromatic nitrogens is 1. The molecule has 1 saturated carbocycles. The van der Waals surface area contributed by atoms with Gasteiger partial charge >= 0.3 is 6.09 Å². The predicted octanol–water partition coefficient (Wildman–Crippen LogP) is 3.68. The monoisotopic (exact) mass is 320 g/mol. The number of carbonyl (C=O) groups excluding carboxylic acids is 1. The maximum absolute atomic E-state index is 11.8. The van der Waals surface area contributed by atoms with E-state index in [2.05, 4.69) is 10.3 Å². The normalized spacial score (nSPS) is 21.7. The van der Waals surface area contributed by atoms with Gasteiger partial charge in [0.05, 0.1) is 6.61 Å². The molecular weight excluding hydrogens is 292 g/mol. The molecular formula is C18H28N2O3. The van der Waals surface area contributed by atoms with Crippen molar-refractivity contribution < 1.29 is 14.3 Å². The molecule has 0 aromatic carbocycles. The number of nitrogens with one attached hydrogen (secondary N) is 1. The highest BCUT2D eigenvalue weighted by Crippen LogP contribution is 2.25. The number of pyridine rings is 1. The fourth-order valence-electron chi connectivity index (χ4n) is 2.77. The standard InChI is InChI=1S/C18H28N2O3/c1-18(2,3)23-17(21)20-16-6-4-14(5-7-16)12-22-13-15-8-10-19-11-9-15/h8-11,14,16H,4-7,12-13H2,1-3H3,(H,20,21). The van der Waals surface area contributed by atoms with Gasteiger partial charge in [-0.1, -0.05) is 0 Å². The van der Waals surface area contributed by atoms with Gasteiger partial charge in [0.25, 0.3) is 0 Å². The van der Waals surface area contributed by atoms with Gasteiger partial charge in [0, 0.05) is 25.0 Å². The second-order valence-corrected chi connectivity index (χ2v) is 7.23. The molecule has 1 amide bonds. The Hall–Kier alpha value is -1.62. The molecule has 0 saturated heterocycles. The van der Waals surface area contributed by atoms with Gasteiger partial charge in [-0.25, -0.2) is 4.79 Å². The van der Waals surface area contributed by atoms with Gasteiger partial charge in [0.2, 0.25) is 0 Å². The average Bonchev–Trinajstić information content (AvgIpc) is 2.48. The number of hydrogen-bond acceptors (Lipinski definition) is 4. The number of amides is 1. The lowest BCUT2D eigenvalue weighted by Gasteiger charge is -2.30. The number of nitrogens with zero attached hydrogens (tertiary/aromatic N) is 1. The molecule has 1 aromatic rings. The van der Waals surface area contributed by atoms with Gasteiger partial charge in [0.1, 0.15) is 5.60 Å². The van der Waals surface area contributed by atoms with Gasteiger partial charge in [-0.3, -0.25) is 4.98 Å². The highest BCUT2D eigenvalue weighted by atomic mass is 16.6. The average molecular weight is 320 g/mol. The van der Waals surface area contributed by atoms with Gasteiger partial charge in [0.15, 0.2) is 0 Å². The molecule has 1 aliphatic rings. The third-order valence-electron chi connectivity index (χ3n) is 3.94. The van der Waals surface area contributed by atoms with Crippen LogP contribution in [-0.4, -0.2) is 29.3 Å². The summed E-state index contributed by atoms with van der Waals surface area (Å²) >= 11 is 0. The maximum atomic E-state index is 11.8. The summed E-state index contributed by atoms with van der Waals surface area (Å²) < 4.78 is 11.1. The lowest BCUT2D eigenvalue weighted by molar-refractivity contribution is 0.0453. The molecule has 0 bridgehead atoms. The minimum Gasteiger partial charge on any atom is -0.444 e. The van der Waals surface area contributed by atoms with Crippen LogP contribution < -0.4 is 5.32 Å². The van der Waals surface area contributed by atoms with Crippen LogP contribution >= 0.6 is 0 Å². The molecule has 0 spiro atoms. The Morgan fingerprint density at radius 1 is 1.22 bits per heavy atom. The van der Waals surface area contributed by atoms with Gasteiger partial charge in [-0.15, -0.1) is 0 Å². The minimum atomic E-state index is -0.442. The topological polar surface area (TPSA) is 60.5 Å². The van der Waals surface area contributed by atoms with E-state index < -0.39 is 5.60 Å². The Kier molecular flexibility index (Phi) is 6.39. The van der Waals surface area contributed by atoms with Crippen LogP contribution in [0.25, 0.3) is 0 Å². The fourth-order valence-corrected chi connectivity index (χ4v) is 2.77. The van der Waals surface area contributed by atoms with Crippen molar-refractivity contribution in [1.82, 2.24) is 10.3 Å². The first-order valence-corrected chi connectivity index (χ1v) is 8.38. The molecule has 5 heteroatoms. The van der Waals surface area contributed by atoms with Gasteiger partial charge in [-0.2, -0.15) is 0 Å². The summed E-state index contributed by atoms with van der Waals surface area (Å²) in [6.45, 7) is 7.05. The second-order valence-electron chi connectivity index (χ2n) is 7.23. The van der Waals surface area contributed by atoms with Crippen molar-refractivity contribution in [2.45, 2.75) is 64.7 Å². The van der Waals surface area contributed by atoms with Crippen molar-refractivity contribution in [3.05, 3.63) is 30.1 Å². The molecule has 128 valence electrons. The number of hydrogen-bond donors (Lipinski definition) is 1. The van der Waals surface area contributed by atoms with Crippen LogP contribution in [0, 0.1) is 5.92 Å². The van der Waals surface area contributed by atoms with Crippen LogP contribution in [0.15, 0.2) is 24.5 Å². The Morgan fingerprint density at radius 3 is 2.48 bits per heavy atom. The Balaban J connectivity index is 1.61. The van der Waals surface area contributed by atoms with E-state index in [1.165, 1.54) is 0 Å². The van der Waals surface area contributed by atoms with Crippen molar-refractivity contribution in [3.8, 4) is 0 Å². The fraction of sp³-hybridized carbons (Fsp3) is 0.667. The van der Waals surface area contributed by atoms with E-state index in [1.54, 1.807) is 12.4 Å². The molecule has 5 nitrogen and oxygen atoms in total. The molecule has 1 N–H and O–H groups in total. The van der Waals surface area contributed by atoms with Crippen molar-refractivity contribution in [3.63, 3.8) is 0 Å². The molecule has 1 heterocycles. The highest BCUT2D eigenvalue weighted by Gasteiger charge is 2.24. The number of alkyl carbamates (subject to hydrolysis) is 1. The molecule has 0 unspecified atom stereocenters. The third kappa shape index (κ3) is 6.99. The smallest absolute Gasteiger partial charge is 0.407 e. The molecule has 0 radical (unpaired) electrons. The zero-order chi connectivity index (χ0) is 16.7. The predicted molar refractivity (Wildman–Crippen MR) is 89.0 cm³/mol. The van der Waals surface area contributed by atoms with Gasteiger partial charge in [-0.05, 0) is 70.1 Å². The van der Waals surface area contributed by atoms with Crippen molar-refractivity contribution >= 4 is 6.09 Å². The van der Waals surface area contributed by atoms with Crippen molar-refractivity contribution in [2.24, 2.45) is 5.92 Å². The van der Waals surface area contributed by atoms with Crippen molar-refractivity contribution in [1.29, 1.82) is 0 Å². The largest absolute Gasteiger partial charge is 0.444 e. The third-order valence-corrected chi connectivity index (χ3v) is 3.94. The summed E-state index contributed by atoms with van der Waals surface area (Å²) in [4.78, 5) is 15.8. The Labute approximate surface area is 138 Å². The second kappa shape index (κ2) is 8.29. The van der Waals surface area contributed by atoms with E-state index in [4.69, 9.17) is 9.47 Å². The van der Waals surface area contributed by atoms with E-state index in [-0.39, 0.29) is 12.1 Å². The molecule has 0 aliphatic heterocycles. The summed E-state index contributed by atoms with van der Waals surface area (Å²) in [6.07, 6.45) is 7.40. The maximum Gasteiger partial charge on any atom is 0.407 e. The van der Waals surface area contributed by atoms with Crippen molar-refractivity contribution in [2.75, 3.05) is 6.61 Å². The highest BCUT2D eigenvalue weighted by molar-refractivity contribution is 5.68. The zero-order valence-electron chi connectivity index (χ0n) is 14.4. The van der Waals surface area contributed by atoms with E-state index in [0.29, 0.717) is 12.5 Å². The van der Waals surface area contributed by atoms with Crippen LogP contribution in [0.5, 0.6) is 0 Å². The van der Waals surface area contributed by atoms with Crippen LogP contribution in [0.2, 0.25) is 0 Å². The molecule has 2 rings (SSSR count). The van der Waals surface area contributed by atoms with E-state index in [1.807, 2.05) is 32.9 Å². The zero-order valence-corrected chi connectivity index (χ0v) is 14.4. The van der Waals surface area contributed by atoms with E-state index in [9.17, 15) is 4.79 Å². The first-order valence-electron chi connectivity index (χ1n) is 8.38. The summed E-state index contributed by atoms with van der Waals surface area (Å²) in [7, 11) is 0. The SMILES string of the molecule is CC(C)(C)OC(=O)NC1CCC(COCc2ccncc2)CC1. The molecule has 23 heavy (non-hydrogen) atoms. The first kappa shape index (κ1) is 17.7. The summed E-state index contributed by atoms with van der Waals surface area (Å²) in [5, 5.41) is 2.97. The quantitative estimate of drug-likeness (QED) is 0.899. The summed E-state index contributed by atoms with van der Waals surface area (Å²) in [5.74, 6) is 0.577. The molecule has 1 aliphatic carbocycles. The molecule has 1 fully saturated rings. The first-order chi connectivity index (χ1) is 10.9. The van der Waals surface area contributed by atoms with E-state index in [0.717, 1.165) is 37.9 Å². The molecule has 0 atom stereocenters. The summed E-state index contributed by atoms with van der Waals surface area (Å²) in [5.41, 5.74) is 0.711. The number of carbonyl (C=O) groups is 1. The summed E-state index contributed by atoms with van der Waals surface area (Å²) in [6, 6.07) is 4.17. The van der Waals surface area contributed by atoms with Gasteiger partial charge < -0.3 is 14.8 Å².